The number of nitrogens with zero attached hydrogens (tertiary/aromatic N) is 1. The first-order valence-corrected chi connectivity index (χ1v) is 9.02. The molecule has 0 saturated heterocycles. The van der Waals surface area contributed by atoms with Crippen molar-refractivity contribution in [2.75, 3.05) is 25.5 Å². The standard InChI is InChI=1S/C22H25N3O2/c1-14-11-18-12-16(3)21(25-20(18)13-15(14)2)23-9-10-24-22(26)17-5-7-19(27-4)8-6-17/h5-8,11-13H,9-10H2,1-4H3,(H,23,25)(H,24,26). The van der Waals surface area contributed by atoms with Crippen LogP contribution < -0.4 is 15.4 Å². The molecule has 1 heterocycles. The van der Waals surface area contributed by atoms with E-state index in [1.54, 1.807) is 31.4 Å². The number of benzene rings is 2. The van der Waals surface area contributed by atoms with Gasteiger partial charge >= 0.3 is 0 Å². The Hall–Kier alpha value is -3.08. The molecular formula is C22H25N3O2. The number of aryl methyl sites for hydroxylation is 3. The minimum Gasteiger partial charge on any atom is -0.497 e. The molecule has 5 nitrogen and oxygen atoms in total. The number of ether oxygens (including phenoxy) is 1. The number of aromatic nitrogens is 1. The molecule has 1 amide bonds. The molecule has 0 atom stereocenters. The molecule has 27 heavy (non-hydrogen) atoms. The number of nitrogens with one attached hydrogen (secondary N) is 2. The molecule has 0 aliphatic rings. The monoisotopic (exact) mass is 363 g/mol. The maximum Gasteiger partial charge on any atom is 0.251 e. The Kier molecular flexibility index (Phi) is 5.60. The minimum absolute atomic E-state index is 0.103. The summed E-state index contributed by atoms with van der Waals surface area (Å²) >= 11 is 0. The smallest absolute Gasteiger partial charge is 0.251 e. The van der Waals surface area contributed by atoms with Crippen LogP contribution in [0.25, 0.3) is 10.9 Å². The summed E-state index contributed by atoms with van der Waals surface area (Å²) in [7, 11) is 1.60. The zero-order valence-electron chi connectivity index (χ0n) is 16.2. The average molecular weight is 363 g/mol. The number of anilines is 1. The highest BCUT2D eigenvalue weighted by Gasteiger charge is 2.07. The Morgan fingerprint density at radius 2 is 1.63 bits per heavy atom. The van der Waals surface area contributed by atoms with Gasteiger partial charge in [0.1, 0.15) is 11.6 Å². The molecule has 0 unspecified atom stereocenters. The van der Waals surface area contributed by atoms with Gasteiger partial charge in [-0.05, 0) is 79.9 Å². The lowest BCUT2D eigenvalue weighted by molar-refractivity contribution is 0.0955. The number of methoxy groups -OCH3 is 1. The summed E-state index contributed by atoms with van der Waals surface area (Å²) in [5.74, 6) is 1.48. The molecule has 0 aliphatic carbocycles. The highest BCUT2D eigenvalue weighted by atomic mass is 16.5. The molecule has 0 radical (unpaired) electrons. The summed E-state index contributed by atoms with van der Waals surface area (Å²) in [4.78, 5) is 16.9. The van der Waals surface area contributed by atoms with Crippen molar-refractivity contribution >= 4 is 22.6 Å². The lowest BCUT2D eigenvalue weighted by Gasteiger charge is -2.12. The second kappa shape index (κ2) is 8.08. The van der Waals surface area contributed by atoms with Gasteiger partial charge < -0.3 is 15.4 Å². The molecule has 0 aliphatic heterocycles. The van der Waals surface area contributed by atoms with Crippen LogP contribution in [0, 0.1) is 20.8 Å². The third-order valence-corrected chi connectivity index (χ3v) is 4.68. The third-order valence-electron chi connectivity index (χ3n) is 4.68. The van der Waals surface area contributed by atoms with Crippen molar-refractivity contribution in [1.82, 2.24) is 10.3 Å². The first-order valence-electron chi connectivity index (χ1n) is 9.02. The van der Waals surface area contributed by atoms with Crippen molar-refractivity contribution in [2.45, 2.75) is 20.8 Å². The Balaban J connectivity index is 1.59. The van der Waals surface area contributed by atoms with Gasteiger partial charge in [-0.3, -0.25) is 4.79 Å². The van der Waals surface area contributed by atoms with Gasteiger partial charge in [-0.1, -0.05) is 0 Å². The van der Waals surface area contributed by atoms with Crippen LogP contribution in [-0.4, -0.2) is 31.1 Å². The normalized spacial score (nSPS) is 10.7. The Morgan fingerprint density at radius 1 is 0.963 bits per heavy atom. The predicted octanol–water partition coefficient (Wildman–Crippen LogP) is 4.01. The van der Waals surface area contributed by atoms with Gasteiger partial charge in [0, 0.05) is 24.0 Å². The molecule has 2 N–H and O–H groups in total. The summed E-state index contributed by atoms with van der Waals surface area (Å²) < 4.78 is 5.10. The number of amides is 1. The van der Waals surface area contributed by atoms with E-state index in [0.29, 0.717) is 18.7 Å². The lowest BCUT2D eigenvalue weighted by atomic mass is 10.1. The van der Waals surface area contributed by atoms with Crippen molar-refractivity contribution < 1.29 is 9.53 Å². The SMILES string of the molecule is COc1ccc(C(=O)NCCNc2nc3cc(C)c(C)cc3cc2C)cc1. The fourth-order valence-corrected chi connectivity index (χ4v) is 2.93. The van der Waals surface area contributed by atoms with Gasteiger partial charge in [0.05, 0.1) is 12.6 Å². The van der Waals surface area contributed by atoms with Crippen LogP contribution in [0.15, 0.2) is 42.5 Å². The summed E-state index contributed by atoms with van der Waals surface area (Å²) in [6, 6.07) is 13.5. The van der Waals surface area contributed by atoms with E-state index in [1.807, 2.05) is 6.92 Å². The Labute approximate surface area is 159 Å². The summed E-state index contributed by atoms with van der Waals surface area (Å²) in [6.45, 7) is 7.36. The van der Waals surface area contributed by atoms with Crippen LogP contribution in [-0.2, 0) is 0 Å². The minimum atomic E-state index is -0.103. The van der Waals surface area contributed by atoms with Gasteiger partial charge in [-0.2, -0.15) is 0 Å². The van der Waals surface area contributed by atoms with Crippen LogP contribution in [0.4, 0.5) is 5.82 Å². The zero-order chi connectivity index (χ0) is 19.4. The van der Waals surface area contributed by atoms with Gasteiger partial charge in [-0.25, -0.2) is 4.98 Å². The Morgan fingerprint density at radius 3 is 2.33 bits per heavy atom. The van der Waals surface area contributed by atoms with Crippen molar-refractivity contribution in [2.24, 2.45) is 0 Å². The highest BCUT2D eigenvalue weighted by Crippen LogP contribution is 2.22. The predicted molar refractivity (Wildman–Crippen MR) is 110 cm³/mol. The number of hydrogen-bond acceptors (Lipinski definition) is 4. The molecule has 3 aromatic rings. The summed E-state index contributed by atoms with van der Waals surface area (Å²) in [5.41, 5.74) is 5.18. The second-order valence-electron chi connectivity index (χ2n) is 6.69. The van der Waals surface area contributed by atoms with Gasteiger partial charge in [0.2, 0.25) is 0 Å². The van der Waals surface area contributed by atoms with E-state index in [4.69, 9.17) is 9.72 Å². The first kappa shape index (κ1) is 18.7. The lowest BCUT2D eigenvalue weighted by Crippen LogP contribution is -2.29. The molecule has 2 aromatic carbocycles. The number of carbonyl (C=O) groups excluding carboxylic acids is 1. The van der Waals surface area contributed by atoms with Crippen LogP contribution in [0.2, 0.25) is 0 Å². The molecule has 0 spiro atoms. The van der Waals surface area contributed by atoms with Gasteiger partial charge in [0.15, 0.2) is 0 Å². The number of rotatable bonds is 6. The van der Waals surface area contributed by atoms with E-state index < -0.39 is 0 Å². The van der Waals surface area contributed by atoms with Crippen LogP contribution in [0.3, 0.4) is 0 Å². The van der Waals surface area contributed by atoms with E-state index in [0.717, 1.165) is 28.0 Å². The fourth-order valence-electron chi connectivity index (χ4n) is 2.93. The van der Waals surface area contributed by atoms with E-state index in [9.17, 15) is 4.79 Å². The van der Waals surface area contributed by atoms with Crippen molar-refractivity contribution in [3.05, 3.63) is 64.7 Å². The topological polar surface area (TPSA) is 63.2 Å². The molecule has 0 bridgehead atoms. The van der Waals surface area contributed by atoms with Gasteiger partial charge in [-0.15, -0.1) is 0 Å². The largest absolute Gasteiger partial charge is 0.497 e. The summed E-state index contributed by atoms with van der Waals surface area (Å²) in [6.07, 6.45) is 0. The molecular weight excluding hydrogens is 338 g/mol. The summed E-state index contributed by atoms with van der Waals surface area (Å²) in [5, 5.41) is 7.38. The second-order valence-corrected chi connectivity index (χ2v) is 6.69. The number of pyridine rings is 1. The number of hydrogen-bond donors (Lipinski definition) is 2. The fraction of sp³-hybridized carbons (Fsp3) is 0.273. The van der Waals surface area contributed by atoms with Crippen LogP contribution in [0.5, 0.6) is 5.75 Å². The molecule has 140 valence electrons. The maximum atomic E-state index is 12.2. The molecule has 1 aromatic heterocycles. The van der Waals surface area contributed by atoms with Gasteiger partial charge in [0.25, 0.3) is 5.91 Å². The zero-order valence-corrected chi connectivity index (χ0v) is 16.2. The van der Waals surface area contributed by atoms with Crippen molar-refractivity contribution in [1.29, 1.82) is 0 Å². The molecule has 5 heteroatoms. The molecule has 0 fully saturated rings. The van der Waals surface area contributed by atoms with Crippen molar-refractivity contribution in [3.8, 4) is 5.75 Å². The number of carbonyl (C=O) groups is 1. The third kappa shape index (κ3) is 4.37. The maximum absolute atomic E-state index is 12.2. The van der Waals surface area contributed by atoms with E-state index in [-0.39, 0.29) is 5.91 Å². The Bertz CT molecular complexity index is 965. The van der Waals surface area contributed by atoms with Crippen molar-refractivity contribution in [3.63, 3.8) is 0 Å². The molecule has 3 rings (SSSR count). The van der Waals surface area contributed by atoms with E-state index in [2.05, 4.69) is 42.7 Å². The highest BCUT2D eigenvalue weighted by molar-refractivity contribution is 5.94. The van der Waals surface area contributed by atoms with Crippen LogP contribution in [0.1, 0.15) is 27.0 Å². The average Bonchev–Trinajstić information content (AvgIpc) is 2.67. The first-order chi connectivity index (χ1) is 13.0. The van der Waals surface area contributed by atoms with Crippen LogP contribution >= 0.6 is 0 Å². The molecule has 0 saturated carbocycles. The number of fused-ring (bicyclic) bond motifs is 1. The quantitative estimate of drug-likeness (QED) is 0.650. The van der Waals surface area contributed by atoms with E-state index >= 15 is 0 Å². The van der Waals surface area contributed by atoms with E-state index in [1.165, 1.54) is 11.1 Å².